The topological polar surface area (TPSA) is 108 Å². The van der Waals surface area contributed by atoms with Crippen molar-refractivity contribution in [2.24, 2.45) is 11.7 Å². The van der Waals surface area contributed by atoms with Crippen molar-refractivity contribution in [2.45, 2.75) is 50.7 Å². The molecule has 2 heterocycles. The molecule has 2 atom stereocenters. The Balaban J connectivity index is 1.27. The van der Waals surface area contributed by atoms with E-state index in [0.29, 0.717) is 38.3 Å². The Hall–Kier alpha value is -4.53. The summed E-state index contributed by atoms with van der Waals surface area (Å²) < 4.78 is 0. The summed E-state index contributed by atoms with van der Waals surface area (Å²) >= 11 is 0. The lowest BCUT2D eigenvalue weighted by atomic mass is 9.95. The van der Waals surface area contributed by atoms with Gasteiger partial charge in [-0.15, -0.1) is 0 Å². The fourth-order valence-electron chi connectivity index (χ4n) is 6.84. The molecule has 2 aliphatic rings. The lowest BCUT2D eigenvalue weighted by Gasteiger charge is -2.42. The quantitative estimate of drug-likeness (QED) is 0.213. The fraction of sp³-hybridized carbons (Fsp3) is 0.359. The van der Waals surface area contributed by atoms with Gasteiger partial charge in [-0.05, 0) is 77.8 Å². The van der Waals surface area contributed by atoms with Crippen molar-refractivity contribution in [1.82, 2.24) is 20.4 Å². The molecular formula is C39H45N5O3. The zero-order valence-electron chi connectivity index (χ0n) is 26.9. The smallest absolute Gasteiger partial charge is 0.246 e. The Morgan fingerprint density at radius 1 is 0.809 bits per heavy atom. The SMILES string of the molecule is NCCCC(=O)N(CC1CCNCC1)CC1C(=O)NC(Cc2ccc3ccccc3c2)C(=O)N1Cc1ccc(-c2ccccc2)cc1. The summed E-state index contributed by atoms with van der Waals surface area (Å²) in [6.45, 7) is 3.27. The van der Waals surface area contributed by atoms with Crippen LogP contribution in [0.15, 0.2) is 97.1 Å². The third-order valence-electron chi connectivity index (χ3n) is 9.52. The number of fused-ring (bicyclic) bond motifs is 1. The third-order valence-corrected chi connectivity index (χ3v) is 9.52. The molecule has 6 rings (SSSR count). The number of hydrogen-bond acceptors (Lipinski definition) is 5. The molecule has 0 saturated carbocycles. The number of nitrogens with two attached hydrogens (primary N) is 1. The van der Waals surface area contributed by atoms with E-state index in [0.717, 1.165) is 59.0 Å². The van der Waals surface area contributed by atoms with E-state index in [-0.39, 0.29) is 30.8 Å². The standard InChI is InChI=1S/C39H45N5O3/c40-20-6-11-37(45)43(25-29-18-21-41-22-19-29)27-36-38(46)42-35(24-30-14-17-32-9-4-5-10-34(32)23-30)39(47)44(36)26-28-12-15-33(16-13-28)31-7-2-1-3-8-31/h1-5,7-10,12-17,23,29,35-36,41H,6,11,18-22,24-27,40H2,(H,42,46). The molecule has 0 aliphatic carbocycles. The zero-order chi connectivity index (χ0) is 32.6. The van der Waals surface area contributed by atoms with Gasteiger partial charge in [-0.3, -0.25) is 14.4 Å². The maximum atomic E-state index is 14.3. The number of piperazine rings is 1. The first-order valence-electron chi connectivity index (χ1n) is 16.9. The Bertz CT molecular complexity index is 1670. The van der Waals surface area contributed by atoms with Crippen LogP contribution in [0.3, 0.4) is 0 Å². The number of nitrogens with one attached hydrogen (secondary N) is 2. The van der Waals surface area contributed by atoms with Gasteiger partial charge < -0.3 is 26.2 Å². The molecule has 2 fully saturated rings. The lowest BCUT2D eigenvalue weighted by Crippen LogP contribution is -2.66. The molecule has 4 N–H and O–H groups in total. The summed E-state index contributed by atoms with van der Waals surface area (Å²) in [6, 6.07) is 31.1. The second-order valence-electron chi connectivity index (χ2n) is 12.9. The van der Waals surface area contributed by atoms with Crippen LogP contribution in [0.2, 0.25) is 0 Å². The van der Waals surface area contributed by atoms with E-state index in [1.165, 1.54) is 0 Å². The molecule has 0 aromatic heterocycles. The molecule has 8 heteroatoms. The second kappa shape index (κ2) is 15.4. The highest BCUT2D eigenvalue weighted by Crippen LogP contribution is 2.25. The average molecular weight is 632 g/mol. The largest absolute Gasteiger partial charge is 0.342 e. The number of piperidine rings is 1. The first kappa shape index (κ1) is 32.4. The van der Waals surface area contributed by atoms with Crippen LogP contribution in [-0.4, -0.2) is 72.3 Å². The molecule has 0 spiro atoms. The van der Waals surface area contributed by atoms with E-state index in [2.05, 4.69) is 59.2 Å². The van der Waals surface area contributed by atoms with Gasteiger partial charge in [-0.2, -0.15) is 0 Å². The van der Waals surface area contributed by atoms with E-state index >= 15 is 0 Å². The fourth-order valence-corrected chi connectivity index (χ4v) is 6.84. The van der Waals surface area contributed by atoms with Gasteiger partial charge in [0.05, 0.1) is 6.54 Å². The predicted molar refractivity (Wildman–Crippen MR) is 186 cm³/mol. The number of hydrogen-bond donors (Lipinski definition) is 3. The molecule has 2 saturated heterocycles. The van der Waals surface area contributed by atoms with Crippen molar-refractivity contribution in [1.29, 1.82) is 0 Å². The highest BCUT2D eigenvalue weighted by molar-refractivity contribution is 5.97. The molecule has 4 aromatic carbocycles. The molecule has 244 valence electrons. The summed E-state index contributed by atoms with van der Waals surface area (Å²) in [5, 5.41) is 8.67. The summed E-state index contributed by atoms with van der Waals surface area (Å²) in [7, 11) is 0. The first-order valence-corrected chi connectivity index (χ1v) is 16.9. The minimum Gasteiger partial charge on any atom is -0.342 e. The van der Waals surface area contributed by atoms with Crippen molar-refractivity contribution < 1.29 is 14.4 Å². The van der Waals surface area contributed by atoms with Gasteiger partial charge >= 0.3 is 0 Å². The number of carbonyl (C=O) groups excluding carboxylic acids is 3. The molecule has 0 radical (unpaired) electrons. The van der Waals surface area contributed by atoms with Crippen LogP contribution in [0.5, 0.6) is 0 Å². The minimum absolute atomic E-state index is 0.0142. The number of nitrogens with zero attached hydrogens (tertiary/aromatic N) is 2. The number of carbonyl (C=O) groups is 3. The normalized spacial score (nSPS) is 18.7. The maximum Gasteiger partial charge on any atom is 0.246 e. The Kier molecular flexibility index (Phi) is 10.6. The maximum absolute atomic E-state index is 14.3. The number of rotatable bonds is 12. The predicted octanol–water partition coefficient (Wildman–Crippen LogP) is 4.51. The van der Waals surface area contributed by atoms with Gasteiger partial charge in [-0.25, -0.2) is 0 Å². The van der Waals surface area contributed by atoms with Crippen molar-refractivity contribution in [3.8, 4) is 11.1 Å². The van der Waals surface area contributed by atoms with Gasteiger partial charge in [0.1, 0.15) is 12.1 Å². The Labute approximate surface area is 277 Å². The van der Waals surface area contributed by atoms with Crippen LogP contribution >= 0.6 is 0 Å². The average Bonchev–Trinajstić information content (AvgIpc) is 3.11. The first-order chi connectivity index (χ1) is 23.0. The van der Waals surface area contributed by atoms with Crippen molar-refractivity contribution in [3.05, 3.63) is 108 Å². The molecular weight excluding hydrogens is 586 g/mol. The molecule has 2 aliphatic heterocycles. The van der Waals surface area contributed by atoms with E-state index in [1.54, 1.807) is 4.90 Å². The molecule has 8 nitrogen and oxygen atoms in total. The Morgan fingerprint density at radius 3 is 2.23 bits per heavy atom. The second-order valence-corrected chi connectivity index (χ2v) is 12.9. The van der Waals surface area contributed by atoms with E-state index < -0.39 is 12.1 Å². The number of benzene rings is 4. The Morgan fingerprint density at radius 2 is 1.49 bits per heavy atom. The minimum atomic E-state index is -0.798. The number of amides is 3. The highest BCUT2D eigenvalue weighted by atomic mass is 16.2. The highest BCUT2D eigenvalue weighted by Gasteiger charge is 2.42. The summed E-state index contributed by atoms with van der Waals surface area (Å²) in [6.07, 6.45) is 3.25. The van der Waals surface area contributed by atoms with Crippen molar-refractivity contribution >= 4 is 28.5 Å². The van der Waals surface area contributed by atoms with E-state index in [9.17, 15) is 14.4 Å². The van der Waals surface area contributed by atoms with E-state index in [4.69, 9.17) is 5.73 Å². The zero-order valence-corrected chi connectivity index (χ0v) is 26.9. The molecule has 0 bridgehead atoms. The van der Waals surface area contributed by atoms with Crippen LogP contribution < -0.4 is 16.4 Å². The van der Waals surface area contributed by atoms with Crippen LogP contribution in [0, 0.1) is 5.92 Å². The summed E-state index contributed by atoms with van der Waals surface area (Å²) in [5.41, 5.74) is 9.87. The summed E-state index contributed by atoms with van der Waals surface area (Å²) in [4.78, 5) is 45.3. The van der Waals surface area contributed by atoms with Crippen LogP contribution in [0.4, 0.5) is 0 Å². The third kappa shape index (κ3) is 8.07. The van der Waals surface area contributed by atoms with Crippen LogP contribution in [0.25, 0.3) is 21.9 Å². The van der Waals surface area contributed by atoms with Gasteiger partial charge in [0.15, 0.2) is 0 Å². The molecule has 4 aromatic rings. The molecule has 2 unspecified atom stereocenters. The van der Waals surface area contributed by atoms with Crippen molar-refractivity contribution in [3.63, 3.8) is 0 Å². The lowest BCUT2D eigenvalue weighted by molar-refractivity contribution is -0.152. The van der Waals surface area contributed by atoms with Gasteiger partial charge in [0, 0.05) is 25.9 Å². The molecule has 47 heavy (non-hydrogen) atoms. The van der Waals surface area contributed by atoms with Gasteiger partial charge in [0.25, 0.3) is 0 Å². The van der Waals surface area contributed by atoms with Gasteiger partial charge in [0.2, 0.25) is 17.7 Å². The monoisotopic (exact) mass is 631 g/mol. The summed E-state index contributed by atoms with van der Waals surface area (Å²) in [5.74, 6) is -0.0240. The van der Waals surface area contributed by atoms with Crippen LogP contribution in [-0.2, 0) is 27.3 Å². The molecule has 3 amide bonds. The van der Waals surface area contributed by atoms with E-state index in [1.807, 2.05) is 53.4 Å². The van der Waals surface area contributed by atoms with Gasteiger partial charge in [-0.1, -0.05) is 97.1 Å². The van der Waals surface area contributed by atoms with Crippen LogP contribution in [0.1, 0.15) is 36.8 Å². The van der Waals surface area contributed by atoms with Crippen molar-refractivity contribution in [2.75, 3.05) is 32.7 Å².